The summed E-state index contributed by atoms with van der Waals surface area (Å²) < 4.78 is 12.8. The Morgan fingerprint density at radius 3 is 2.35 bits per heavy atom. The second kappa shape index (κ2) is 7.70. The molecule has 0 aromatic heterocycles. The minimum Gasteiger partial charge on any atom is -0.386 e. The van der Waals surface area contributed by atoms with E-state index in [0.29, 0.717) is 0 Å². The van der Waals surface area contributed by atoms with Gasteiger partial charge in [-0.05, 0) is 36.3 Å². The van der Waals surface area contributed by atoms with Gasteiger partial charge in [-0.15, -0.1) is 0 Å². The molecule has 0 bridgehead atoms. The first-order valence-electron chi connectivity index (χ1n) is 7.42. The molecule has 2 atom stereocenters. The van der Waals surface area contributed by atoms with Gasteiger partial charge in [0.25, 0.3) is 0 Å². The Bertz CT molecular complexity index is 668. The van der Waals surface area contributed by atoms with Crippen molar-refractivity contribution in [1.82, 2.24) is 4.90 Å². The summed E-state index contributed by atoms with van der Waals surface area (Å²) in [7, 11) is 1.65. The molecule has 0 saturated carbocycles. The molecule has 120 valence electrons. The van der Waals surface area contributed by atoms with Crippen LogP contribution in [0, 0.1) is 5.82 Å². The van der Waals surface area contributed by atoms with Crippen LogP contribution in [0.15, 0.2) is 60.7 Å². The number of carbonyl (C=O) groups is 1. The minimum atomic E-state index is -0.760. The number of hydrogen-bond acceptors (Lipinski definition) is 2. The van der Waals surface area contributed by atoms with E-state index in [4.69, 9.17) is 0 Å². The van der Waals surface area contributed by atoms with E-state index in [1.54, 1.807) is 32.2 Å². The van der Waals surface area contributed by atoms with E-state index in [2.05, 4.69) is 0 Å². The lowest BCUT2D eigenvalue weighted by molar-refractivity contribution is -0.128. The highest BCUT2D eigenvalue weighted by molar-refractivity contribution is 5.91. The van der Waals surface area contributed by atoms with Gasteiger partial charge in [-0.2, -0.15) is 0 Å². The van der Waals surface area contributed by atoms with Crippen LogP contribution < -0.4 is 0 Å². The zero-order chi connectivity index (χ0) is 16.8. The van der Waals surface area contributed by atoms with E-state index >= 15 is 0 Å². The molecule has 2 unspecified atom stereocenters. The van der Waals surface area contributed by atoms with Gasteiger partial charge in [-0.25, -0.2) is 4.39 Å². The first-order valence-corrected chi connectivity index (χ1v) is 7.42. The highest BCUT2D eigenvalue weighted by atomic mass is 19.1. The normalized spacial score (nSPS) is 13.7. The second-order valence-corrected chi connectivity index (χ2v) is 5.43. The first-order chi connectivity index (χ1) is 11.0. The molecule has 1 N–H and O–H groups in total. The Balaban J connectivity index is 2.02. The maximum absolute atomic E-state index is 12.8. The van der Waals surface area contributed by atoms with Crippen molar-refractivity contribution in [3.05, 3.63) is 77.6 Å². The van der Waals surface area contributed by atoms with E-state index in [0.717, 1.165) is 11.1 Å². The monoisotopic (exact) mass is 313 g/mol. The summed E-state index contributed by atoms with van der Waals surface area (Å²) in [6, 6.07) is 14.7. The molecule has 0 fully saturated rings. The minimum absolute atomic E-state index is 0.225. The maximum Gasteiger partial charge on any atom is 0.246 e. The van der Waals surface area contributed by atoms with Crippen molar-refractivity contribution in [3.8, 4) is 0 Å². The molecule has 0 spiro atoms. The van der Waals surface area contributed by atoms with Gasteiger partial charge in [-0.3, -0.25) is 4.79 Å². The molecule has 23 heavy (non-hydrogen) atoms. The topological polar surface area (TPSA) is 40.5 Å². The molecule has 4 heteroatoms. The summed E-state index contributed by atoms with van der Waals surface area (Å²) in [4.78, 5) is 13.7. The van der Waals surface area contributed by atoms with E-state index in [1.807, 2.05) is 30.3 Å². The molecular weight excluding hydrogens is 293 g/mol. The molecule has 3 nitrogen and oxygen atoms in total. The van der Waals surface area contributed by atoms with Gasteiger partial charge < -0.3 is 10.0 Å². The number of carbonyl (C=O) groups excluding carboxylic acids is 1. The van der Waals surface area contributed by atoms with Gasteiger partial charge in [0.05, 0.1) is 12.1 Å². The zero-order valence-corrected chi connectivity index (χ0v) is 13.2. The Labute approximate surface area is 135 Å². The Kier molecular flexibility index (Phi) is 5.66. The third kappa shape index (κ3) is 4.50. The van der Waals surface area contributed by atoms with E-state index in [9.17, 15) is 14.3 Å². The van der Waals surface area contributed by atoms with Crippen LogP contribution in [0.3, 0.4) is 0 Å². The zero-order valence-electron chi connectivity index (χ0n) is 13.2. The van der Waals surface area contributed by atoms with Crippen LogP contribution in [0.25, 0.3) is 6.08 Å². The van der Waals surface area contributed by atoms with E-state index in [-0.39, 0.29) is 17.8 Å². The quantitative estimate of drug-likeness (QED) is 0.859. The average molecular weight is 313 g/mol. The fourth-order valence-corrected chi connectivity index (χ4v) is 2.20. The molecule has 0 saturated heterocycles. The molecule has 2 aromatic carbocycles. The van der Waals surface area contributed by atoms with Crippen molar-refractivity contribution < 1.29 is 14.3 Å². The van der Waals surface area contributed by atoms with Crippen LogP contribution in [-0.2, 0) is 4.79 Å². The number of amides is 1. The molecule has 0 radical (unpaired) electrons. The summed E-state index contributed by atoms with van der Waals surface area (Å²) >= 11 is 0. The van der Waals surface area contributed by atoms with Gasteiger partial charge in [0, 0.05) is 13.1 Å². The van der Waals surface area contributed by atoms with Crippen molar-refractivity contribution in [3.63, 3.8) is 0 Å². The summed E-state index contributed by atoms with van der Waals surface area (Å²) in [6.07, 6.45) is 2.28. The molecule has 2 aromatic rings. The number of nitrogens with zero attached hydrogens (tertiary/aromatic N) is 1. The Morgan fingerprint density at radius 2 is 1.74 bits per heavy atom. The van der Waals surface area contributed by atoms with Crippen molar-refractivity contribution in [2.45, 2.75) is 19.1 Å². The molecule has 1 amide bonds. The van der Waals surface area contributed by atoms with Crippen molar-refractivity contribution in [1.29, 1.82) is 0 Å². The van der Waals surface area contributed by atoms with Crippen LogP contribution in [0.2, 0.25) is 0 Å². The second-order valence-electron chi connectivity index (χ2n) is 5.43. The number of aliphatic hydroxyl groups is 1. The first kappa shape index (κ1) is 16.9. The maximum atomic E-state index is 12.8. The lowest BCUT2D eigenvalue weighted by Crippen LogP contribution is -2.38. The van der Waals surface area contributed by atoms with Gasteiger partial charge in [0.2, 0.25) is 5.91 Å². The number of halogens is 1. The number of aliphatic hydroxyl groups excluding tert-OH is 1. The lowest BCUT2D eigenvalue weighted by Gasteiger charge is -2.28. The van der Waals surface area contributed by atoms with Gasteiger partial charge >= 0.3 is 0 Å². The fraction of sp³-hybridized carbons (Fsp3) is 0.211. The summed E-state index contributed by atoms with van der Waals surface area (Å²) in [6.45, 7) is 1.79. The summed E-state index contributed by atoms with van der Waals surface area (Å²) in [5, 5.41) is 10.4. The van der Waals surface area contributed by atoms with Gasteiger partial charge in [0.1, 0.15) is 5.82 Å². The summed E-state index contributed by atoms with van der Waals surface area (Å²) in [5.41, 5.74) is 1.51. The molecule has 0 heterocycles. The van der Waals surface area contributed by atoms with Crippen LogP contribution >= 0.6 is 0 Å². The van der Waals surface area contributed by atoms with Crippen molar-refractivity contribution in [2.24, 2.45) is 0 Å². The Hall–Kier alpha value is -2.46. The van der Waals surface area contributed by atoms with Crippen LogP contribution in [0.1, 0.15) is 24.2 Å². The number of hydrogen-bond donors (Lipinski definition) is 1. The predicted octanol–water partition coefficient (Wildman–Crippen LogP) is 3.42. The third-order valence-electron chi connectivity index (χ3n) is 3.84. The van der Waals surface area contributed by atoms with Crippen molar-refractivity contribution >= 4 is 12.0 Å². The van der Waals surface area contributed by atoms with Gasteiger partial charge in [-0.1, -0.05) is 42.5 Å². The largest absolute Gasteiger partial charge is 0.386 e. The molecule has 0 aliphatic carbocycles. The predicted molar refractivity (Wildman–Crippen MR) is 89.1 cm³/mol. The van der Waals surface area contributed by atoms with E-state index in [1.165, 1.54) is 23.1 Å². The van der Waals surface area contributed by atoms with Gasteiger partial charge in [0.15, 0.2) is 0 Å². The van der Waals surface area contributed by atoms with Crippen LogP contribution in [0.4, 0.5) is 4.39 Å². The van der Waals surface area contributed by atoms with Crippen LogP contribution in [-0.4, -0.2) is 29.0 Å². The lowest BCUT2D eigenvalue weighted by atomic mass is 10.0. The summed E-state index contributed by atoms with van der Waals surface area (Å²) in [5.74, 6) is -0.540. The number of benzene rings is 2. The molecular formula is C19H20FNO2. The van der Waals surface area contributed by atoms with E-state index < -0.39 is 6.10 Å². The highest BCUT2D eigenvalue weighted by Gasteiger charge is 2.22. The third-order valence-corrected chi connectivity index (χ3v) is 3.84. The van der Waals surface area contributed by atoms with Crippen LogP contribution in [0.5, 0.6) is 0 Å². The molecule has 0 aliphatic rings. The Morgan fingerprint density at radius 1 is 1.13 bits per heavy atom. The fourth-order valence-electron chi connectivity index (χ4n) is 2.20. The number of rotatable bonds is 5. The standard InChI is InChI=1S/C19H20FNO2/c1-14(19(23)16-6-4-3-5-7-16)21(2)18(22)13-10-15-8-11-17(20)12-9-15/h3-14,19,23H,1-2H3/b13-10+. The number of likely N-dealkylation sites (N-methyl/N-ethyl adjacent to an activating group) is 1. The average Bonchev–Trinajstić information content (AvgIpc) is 2.59. The van der Waals surface area contributed by atoms with Crippen molar-refractivity contribution in [2.75, 3.05) is 7.05 Å². The molecule has 0 aliphatic heterocycles. The highest BCUT2D eigenvalue weighted by Crippen LogP contribution is 2.20. The smallest absolute Gasteiger partial charge is 0.246 e. The SMILES string of the molecule is CC(C(O)c1ccccc1)N(C)C(=O)/C=C/c1ccc(F)cc1. The molecule has 2 rings (SSSR count).